The van der Waals surface area contributed by atoms with Crippen molar-refractivity contribution in [2.45, 2.75) is 12.8 Å². The molecule has 0 saturated carbocycles. The van der Waals surface area contributed by atoms with Gasteiger partial charge in [-0.2, -0.15) is 3.89 Å². The predicted molar refractivity (Wildman–Crippen MR) is 36.7 cm³/mol. The van der Waals surface area contributed by atoms with Crippen LogP contribution in [-0.4, -0.2) is 37.0 Å². The molecule has 1 saturated heterocycles. The van der Waals surface area contributed by atoms with E-state index in [2.05, 4.69) is 0 Å². The molecule has 0 radical (unpaired) electrons. The fourth-order valence-corrected chi connectivity index (χ4v) is 1.95. The lowest BCUT2D eigenvalue weighted by Crippen LogP contribution is -2.45. The maximum absolute atomic E-state index is 10.7. The summed E-state index contributed by atoms with van der Waals surface area (Å²) >= 11 is 0. The zero-order valence-corrected chi connectivity index (χ0v) is 6.76. The highest BCUT2D eigenvalue weighted by Crippen LogP contribution is 2.19. The summed E-state index contributed by atoms with van der Waals surface area (Å²) in [7, 11) is -2.32. The second kappa shape index (κ2) is 2.18. The van der Waals surface area contributed by atoms with Crippen LogP contribution < -0.4 is 0 Å². The van der Waals surface area contributed by atoms with Gasteiger partial charge in [-0.05, 0) is 0 Å². The zero-order chi connectivity index (χ0) is 7.83. The molecule has 1 N–H and O–H groups in total. The Hall–Kier alpha value is -0.130. The van der Waals surface area contributed by atoms with Gasteiger partial charge in [0.25, 0.3) is 0 Å². The van der Waals surface area contributed by atoms with Crippen LogP contribution >= 0.6 is 0 Å². The lowest BCUT2D eigenvalue weighted by molar-refractivity contribution is -0.775. The monoisotopic (exact) mass is 166 g/mol. The summed E-state index contributed by atoms with van der Waals surface area (Å²) in [5.41, 5.74) is 0. The van der Waals surface area contributed by atoms with Crippen molar-refractivity contribution in [1.82, 2.24) is 0 Å². The standard InChI is InChI=1S/C5H11NO3S/c1-6(10(7,8)9)4-2-3-5-6/h2-5H2,1H3/p+1. The van der Waals surface area contributed by atoms with Crippen molar-refractivity contribution in [3.05, 3.63) is 0 Å². The minimum Gasteiger partial charge on any atom is -0.241 e. The summed E-state index contributed by atoms with van der Waals surface area (Å²) in [5.74, 6) is 0. The lowest BCUT2D eigenvalue weighted by atomic mass is 10.4. The zero-order valence-electron chi connectivity index (χ0n) is 5.95. The fourth-order valence-electron chi connectivity index (χ4n) is 1.24. The normalized spacial score (nSPS) is 25.0. The van der Waals surface area contributed by atoms with Gasteiger partial charge in [-0.3, -0.25) is 0 Å². The second-order valence-corrected chi connectivity index (χ2v) is 4.68. The Kier molecular flexibility index (Phi) is 1.74. The van der Waals surface area contributed by atoms with Gasteiger partial charge in [0.15, 0.2) is 0 Å². The Morgan fingerprint density at radius 1 is 1.30 bits per heavy atom. The van der Waals surface area contributed by atoms with E-state index in [1.165, 1.54) is 0 Å². The Morgan fingerprint density at radius 2 is 1.70 bits per heavy atom. The maximum Gasteiger partial charge on any atom is 0.432 e. The van der Waals surface area contributed by atoms with Gasteiger partial charge in [0.2, 0.25) is 0 Å². The Bertz CT molecular complexity index is 215. The van der Waals surface area contributed by atoms with Crippen molar-refractivity contribution in [2.24, 2.45) is 0 Å². The Balaban J connectivity index is 2.88. The number of nitrogens with zero attached hydrogens (tertiary/aromatic N) is 1. The second-order valence-electron chi connectivity index (χ2n) is 2.90. The van der Waals surface area contributed by atoms with Gasteiger partial charge in [0.1, 0.15) is 0 Å². The minimum atomic E-state index is -3.86. The molecule has 0 spiro atoms. The van der Waals surface area contributed by atoms with Crippen molar-refractivity contribution < 1.29 is 16.9 Å². The molecule has 0 atom stereocenters. The molecule has 0 aromatic rings. The fraction of sp³-hybridized carbons (Fsp3) is 1.00. The molecule has 0 bridgehead atoms. The van der Waals surface area contributed by atoms with Gasteiger partial charge in [-0.1, -0.05) is 0 Å². The first kappa shape index (κ1) is 7.97. The van der Waals surface area contributed by atoms with E-state index in [1.54, 1.807) is 7.05 Å². The quantitative estimate of drug-likeness (QED) is 0.441. The van der Waals surface area contributed by atoms with Crippen molar-refractivity contribution in [1.29, 1.82) is 0 Å². The molecule has 1 heterocycles. The summed E-state index contributed by atoms with van der Waals surface area (Å²) in [6, 6.07) is 0. The van der Waals surface area contributed by atoms with E-state index in [9.17, 15) is 8.42 Å². The number of hydrogen-bond acceptors (Lipinski definition) is 2. The van der Waals surface area contributed by atoms with E-state index in [0.29, 0.717) is 13.1 Å². The third-order valence-corrected chi connectivity index (χ3v) is 3.55. The molecule has 0 aliphatic carbocycles. The molecule has 0 unspecified atom stereocenters. The van der Waals surface area contributed by atoms with E-state index < -0.39 is 10.3 Å². The number of quaternary nitrogens is 1. The SMILES string of the molecule is C[N+]1(S(=O)(=O)O)CCCC1. The largest absolute Gasteiger partial charge is 0.432 e. The van der Waals surface area contributed by atoms with Gasteiger partial charge in [-0.15, -0.1) is 8.42 Å². The van der Waals surface area contributed by atoms with Gasteiger partial charge in [-0.25, -0.2) is 4.55 Å². The van der Waals surface area contributed by atoms with E-state index >= 15 is 0 Å². The van der Waals surface area contributed by atoms with Gasteiger partial charge in [0, 0.05) is 12.8 Å². The van der Waals surface area contributed by atoms with Crippen LogP contribution in [0.5, 0.6) is 0 Å². The van der Waals surface area contributed by atoms with Crippen LogP contribution in [0.2, 0.25) is 0 Å². The number of hydrogen-bond donors (Lipinski definition) is 1. The summed E-state index contributed by atoms with van der Waals surface area (Å²) in [6.45, 7) is 1.08. The van der Waals surface area contributed by atoms with Crippen LogP contribution in [-0.2, 0) is 10.3 Å². The molecular weight excluding hydrogens is 154 g/mol. The van der Waals surface area contributed by atoms with E-state index in [-0.39, 0.29) is 3.89 Å². The molecule has 5 heteroatoms. The summed E-state index contributed by atoms with van der Waals surface area (Å²) in [5, 5.41) is 0. The average Bonchev–Trinajstić information content (AvgIpc) is 2.13. The topological polar surface area (TPSA) is 54.4 Å². The van der Waals surface area contributed by atoms with E-state index in [0.717, 1.165) is 12.8 Å². The number of likely N-dealkylation sites (tertiary alicyclic amines) is 1. The van der Waals surface area contributed by atoms with Gasteiger partial charge < -0.3 is 0 Å². The smallest absolute Gasteiger partial charge is 0.241 e. The number of rotatable bonds is 1. The van der Waals surface area contributed by atoms with Crippen LogP contribution in [0.4, 0.5) is 0 Å². The lowest BCUT2D eigenvalue weighted by Gasteiger charge is -2.22. The van der Waals surface area contributed by atoms with Crippen LogP contribution in [0, 0.1) is 0 Å². The molecule has 0 amide bonds. The maximum atomic E-state index is 10.7. The Labute approximate surface area is 60.9 Å². The molecule has 0 aromatic heterocycles. The van der Waals surface area contributed by atoms with Crippen LogP contribution in [0.15, 0.2) is 0 Å². The molecule has 60 valence electrons. The van der Waals surface area contributed by atoms with Crippen molar-refractivity contribution in [3.63, 3.8) is 0 Å². The van der Waals surface area contributed by atoms with E-state index in [4.69, 9.17) is 4.55 Å². The van der Waals surface area contributed by atoms with Gasteiger partial charge in [0.05, 0.1) is 20.1 Å². The first-order valence-corrected chi connectivity index (χ1v) is 4.68. The van der Waals surface area contributed by atoms with E-state index in [1.807, 2.05) is 0 Å². The van der Waals surface area contributed by atoms with Crippen LogP contribution in [0.25, 0.3) is 0 Å². The third kappa shape index (κ3) is 1.16. The van der Waals surface area contributed by atoms with Crippen molar-refractivity contribution in [3.8, 4) is 0 Å². The third-order valence-electron chi connectivity index (χ3n) is 2.07. The highest BCUT2D eigenvalue weighted by molar-refractivity contribution is 7.80. The highest BCUT2D eigenvalue weighted by Gasteiger charge is 2.38. The Morgan fingerprint density at radius 3 is 1.90 bits per heavy atom. The predicted octanol–water partition coefficient (Wildman–Crippen LogP) is 0.0296. The average molecular weight is 166 g/mol. The summed E-state index contributed by atoms with van der Waals surface area (Å²) in [6.07, 6.45) is 1.77. The summed E-state index contributed by atoms with van der Waals surface area (Å²) < 4.78 is 29.9. The van der Waals surface area contributed by atoms with Gasteiger partial charge >= 0.3 is 10.3 Å². The van der Waals surface area contributed by atoms with Crippen molar-refractivity contribution >= 4 is 10.3 Å². The molecular formula is C5H12NO3S+. The molecule has 1 rings (SSSR count). The minimum absolute atomic E-state index is 0.201. The molecule has 1 aliphatic rings. The van der Waals surface area contributed by atoms with Crippen LogP contribution in [0.3, 0.4) is 0 Å². The molecule has 10 heavy (non-hydrogen) atoms. The molecule has 1 fully saturated rings. The molecule has 0 aromatic carbocycles. The first-order chi connectivity index (χ1) is 4.46. The van der Waals surface area contributed by atoms with Crippen LogP contribution in [0.1, 0.15) is 12.8 Å². The molecule has 1 aliphatic heterocycles. The van der Waals surface area contributed by atoms with Crippen molar-refractivity contribution in [2.75, 3.05) is 20.1 Å². The highest BCUT2D eigenvalue weighted by atomic mass is 32.2. The molecule has 4 nitrogen and oxygen atoms in total. The summed E-state index contributed by atoms with van der Waals surface area (Å²) in [4.78, 5) is 0. The first-order valence-electron chi connectivity index (χ1n) is 3.28.